The monoisotopic (exact) mass is 395 g/mol. The van der Waals surface area contributed by atoms with E-state index in [4.69, 9.17) is 4.74 Å². The van der Waals surface area contributed by atoms with Crippen molar-refractivity contribution >= 4 is 23.3 Å². The number of ether oxygens (including phenoxy) is 1. The van der Waals surface area contributed by atoms with Crippen molar-refractivity contribution < 1.29 is 27.9 Å². The first-order valence-corrected chi connectivity index (χ1v) is 8.56. The van der Waals surface area contributed by atoms with Crippen molar-refractivity contribution in [3.8, 4) is 0 Å². The third-order valence-corrected chi connectivity index (χ3v) is 3.99. The Morgan fingerprint density at radius 1 is 0.828 bits per heavy atom. The number of benzene rings is 3. The van der Waals surface area contributed by atoms with Gasteiger partial charge in [0.1, 0.15) is 11.6 Å². The van der Waals surface area contributed by atoms with Gasteiger partial charge >= 0.3 is 5.97 Å². The van der Waals surface area contributed by atoms with Gasteiger partial charge in [-0.25, -0.2) is 13.6 Å². The topological polar surface area (TPSA) is 72.5 Å². The Labute approximate surface area is 164 Å². The molecule has 1 amide bonds. The summed E-state index contributed by atoms with van der Waals surface area (Å²) in [5.74, 6) is -3.90. The number of halogens is 2. The number of hydrogen-bond acceptors (Lipinski definition) is 4. The molecule has 0 atom stereocenters. The molecule has 146 valence electrons. The molecule has 3 aromatic rings. The largest absolute Gasteiger partial charge is 0.454 e. The number of nitrogens with one attached hydrogen (secondary N) is 1. The lowest BCUT2D eigenvalue weighted by Gasteiger charge is -2.11. The van der Waals surface area contributed by atoms with Gasteiger partial charge in [0.15, 0.2) is 6.61 Å². The quantitative estimate of drug-likeness (QED) is 0.500. The molecule has 3 aromatic carbocycles. The van der Waals surface area contributed by atoms with E-state index < -0.39 is 41.5 Å². The molecule has 0 bridgehead atoms. The molecule has 0 saturated heterocycles. The van der Waals surface area contributed by atoms with Crippen LogP contribution in [0.2, 0.25) is 0 Å². The molecule has 0 aromatic heterocycles. The van der Waals surface area contributed by atoms with Crippen molar-refractivity contribution in [1.82, 2.24) is 0 Å². The standard InChI is InChI=1S/C22H15F2NO4/c23-15-10-11-18(24)17(12-15)20(26)13-29-22(28)16-8-4-5-9-19(16)25-21(27)14-6-2-1-3-7-14/h1-12H,13H2,(H,25,27). The van der Waals surface area contributed by atoms with Gasteiger partial charge in [0.25, 0.3) is 5.91 Å². The number of Topliss-reactive ketones (excluding diaryl/α,β-unsaturated/α-hetero) is 1. The molecule has 0 spiro atoms. The molecule has 0 aliphatic rings. The molecular weight excluding hydrogens is 380 g/mol. The Kier molecular flexibility index (Phi) is 6.09. The highest BCUT2D eigenvalue weighted by atomic mass is 19.1. The zero-order valence-electron chi connectivity index (χ0n) is 15.0. The number of ketones is 1. The molecule has 1 N–H and O–H groups in total. The smallest absolute Gasteiger partial charge is 0.340 e. The summed E-state index contributed by atoms with van der Waals surface area (Å²) in [4.78, 5) is 36.7. The van der Waals surface area contributed by atoms with E-state index in [1.54, 1.807) is 42.5 Å². The normalized spacial score (nSPS) is 10.3. The van der Waals surface area contributed by atoms with Gasteiger partial charge in [-0.3, -0.25) is 9.59 Å². The van der Waals surface area contributed by atoms with Crippen LogP contribution >= 0.6 is 0 Å². The Balaban J connectivity index is 1.71. The SMILES string of the molecule is O=C(Nc1ccccc1C(=O)OCC(=O)c1cc(F)ccc1F)c1ccccc1. The minimum atomic E-state index is -0.914. The first-order chi connectivity index (χ1) is 14.0. The van der Waals surface area contributed by atoms with Crippen LogP contribution in [0.4, 0.5) is 14.5 Å². The molecule has 0 fully saturated rings. The third-order valence-electron chi connectivity index (χ3n) is 3.99. The van der Waals surface area contributed by atoms with E-state index in [0.717, 1.165) is 18.2 Å². The van der Waals surface area contributed by atoms with Gasteiger partial charge in [0.05, 0.1) is 16.8 Å². The number of rotatable bonds is 6. The van der Waals surface area contributed by atoms with Gasteiger partial charge in [-0.15, -0.1) is 0 Å². The van der Waals surface area contributed by atoms with Gasteiger partial charge < -0.3 is 10.1 Å². The van der Waals surface area contributed by atoms with E-state index in [1.165, 1.54) is 12.1 Å². The Morgan fingerprint density at radius 2 is 1.52 bits per heavy atom. The van der Waals surface area contributed by atoms with Crippen molar-refractivity contribution in [3.05, 3.63) is 101 Å². The minimum Gasteiger partial charge on any atom is -0.454 e. The number of amides is 1. The number of anilines is 1. The van der Waals surface area contributed by atoms with Crippen LogP contribution in [0.3, 0.4) is 0 Å². The van der Waals surface area contributed by atoms with E-state index >= 15 is 0 Å². The van der Waals surface area contributed by atoms with Gasteiger partial charge in [0.2, 0.25) is 5.78 Å². The fourth-order valence-corrected chi connectivity index (χ4v) is 2.55. The Hall–Kier alpha value is -3.87. The van der Waals surface area contributed by atoms with Gasteiger partial charge in [-0.2, -0.15) is 0 Å². The van der Waals surface area contributed by atoms with Crippen LogP contribution < -0.4 is 5.32 Å². The fraction of sp³-hybridized carbons (Fsp3) is 0.0455. The molecule has 29 heavy (non-hydrogen) atoms. The second-order valence-electron chi connectivity index (χ2n) is 5.99. The molecular formula is C22H15F2NO4. The van der Waals surface area contributed by atoms with Gasteiger partial charge in [-0.05, 0) is 42.5 Å². The average Bonchev–Trinajstić information content (AvgIpc) is 2.74. The Bertz CT molecular complexity index is 1070. The van der Waals surface area contributed by atoms with Crippen molar-refractivity contribution in [1.29, 1.82) is 0 Å². The van der Waals surface area contributed by atoms with Gasteiger partial charge in [-0.1, -0.05) is 30.3 Å². The van der Waals surface area contributed by atoms with Crippen LogP contribution in [0.1, 0.15) is 31.1 Å². The third kappa shape index (κ3) is 4.90. The second-order valence-corrected chi connectivity index (χ2v) is 5.99. The summed E-state index contributed by atoms with van der Waals surface area (Å²) >= 11 is 0. The highest BCUT2D eigenvalue weighted by Gasteiger charge is 2.19. The summed E-state index contributed by atoms with van der Waals surface area (Å²) in [5.41, 5.74) is 0.0935. The molecule has 0 saturated carbocycles. The van der Waals surface area contributed by atoms with Crippen LogP contribution in [0, 0.1) is 11.6 Å². The van der Waals surface area contributed by atoms with Crippen molar-refractivity contribution in [2.24, 2.45) is 0 Å². The maximum absolute atomic E-state index is 13.7. The number of carbonyl (C=O) groups is 3. The zero-order chi connectivity index (χ0) is 20.8. The summed E-state index contributed by atoms with van der Waals surface area (Å²) in [6, 6.07) is 16.9. The highest BCUT2D eigenvalue weighted by Crippen LogP contribution is 2.18. The molecule has 3 rings (SSSR count). The van der Waals surface area contributed by atoms with Crippen molar-refractivity contribution in [2.75, 3.05) is 11.9 Å². The number of carbonyl (C=O) groups excluding carboxylic acids is 3. The summed E-state index contributed by atoms with van der Waals surface area (Å²) in [7, 11) is 0. The number of para-hydroxylation sites is 1. The first-order valence-electron chi connectivity index (χ1n) is 8.56. The zero-order valence-corrected chi connectivity index (χ0v) is 15.0. The predicted octanol–water partition coefficient (Wildman–Crippen LogP) is 4.26. The lowest BCUT2D eigenvalue weighted by Crippen LogP contribution is -2.18. The first kappa shape index (κ1) is 19.9. The van der Waals surface area contributed by atoms with Crippen LogP contribution in [0.5, 0.6) is 0 Å². The maximum Gasteiger partial charge on any atom is 0.340 e. The number of esters is 1. The fourth-order valence-electron chi connectivity index (χ4n) is 2.55. The van der Waals surface area contributed by atoms with Crippen LogP contribution in [-0.2, 0) is 4.74 Å². The summed E-state index contributed by atoms with van der Waals surface area (Å²) < 4.78 is 31.8. The van der Waals surface area contributed by atoms with Crippen LogP contribution in [-0.4, -0.2) is 24.3 Å². The average molecular weight is 395 g/mol. The van der Waals surface area contributed by atoms with E-state index in [0.29, 0.717) is 5.56 Å². The summed E-state index contributed by atoms with van der Waals surface area (Å²) in [6.07, 6.45) is 0. The molecule has 7 heteroatoms. The lowest BCUT2D eigenvalue weighted by molar-refractivity contribution is 0.0474. The minimum absolute atomic E-state index is 0.0179. The highest BCUT2D eigenvalue weighted by molar-refractivity contribution is 6.08. The van der Waals surface area contributed by atoms with Crippen molar-refractivity contribution in [2.45, 2.75) is 0 Å². The van der Waals surface area contributed by atoms with Crippen molar-refractivity contribution in [3.63, 3.8) is 0 Å². The maximum atomic E-state index is 13.7. The van der Waals surface area contributed by atoms with E-state index in [-0.39, 0.29) is 11.3 Å². The summed E-state index contributed by atoms with van der Waals surface area (Å²) in [5, 5.41) is 2.61. The van der Waals surface area contributed by atoms with Crippen LogP contribution in [0.15, 0.2) is 72.8 Å². The van der Waals surface area contributed by atoms with Gasteiger partial charge in [0, 0.05) is 5.56 Å². The number of hydrogen-bond donors (Lipinski definition) is 1. The molecule has 5 nitrogen and oxygen atoms in total. The second kappa shape index (κ2) is 8.88. The summed E-state index contributed by atoms with van der Waals surface area (Å²) in [6.45, 7) is -0.778. The van der Waals surface area contributed by atoms with E-state index in [2.05, 4.69) is 5.32 Å². The Morgan fingerprint density at radius 3 is 2.28 bits per heavy atom. The molecule has 0 unspecified atom stereocenters. The van der Waals surface area contributed by atoms with E-state index in [9.17, 15) is 23.2 Å². The lowest BCUT2D eigenvalue weighted by atomic mass is 10.1. The van der Waals surface area contributed by atoms with Crippen LogP contribution in [0.25, 0.3) is 0 Å². The van der Waals surface area contributed by atoms with E-state index in [1.807, 2.05) is 0 Å². The predicted molar refractivity (Wildman–Crippen MR) is 102 cm³/mol. The molecule has 0 aliphatic heterocycles. The molecule has 0 radical (unpaired) electrons. The molecule has 0 heterocycles. The molecule has 0 aliphatic carbocycles.